The standard InChI is InChI=1S/C50H72O11/c1-11-12-13-14-15-16-17-18-19-20-21-22-39(52)60-50-42(46(50,8)9)37-26-35(27-48(56)38(25-29(2)43(48)54)49(37,57)33(6)44(50)59-34(7)51)28-58-45(55)47(10)24-23-36-32(5)40(53)30(3)31(4)41(36)61-47/h25-26,33,37-38,42,44,53,56-57H,11-24,27-28H2,1-10H3/t33-,37+,38-,42-,44-,47?,48-,49-,50-/m1/s1. The fourth-order valence-electron chi connectivity index (χ4n) is 11.9. The summed E-state index contributed by atoms with van der Waals surface area (Å²) in [5, 5.41) is 36.4. The fourth-order valence-corrected chi connectivity index (χ4v) is 11.9. The van der Waals surface area contributed by atoms with Crippen LogP contribution < -0.4 is 4.74 Å². The van der Waals surface area contributed by atoms with Gasteiger partial charge in [0.25, 0.3) is 0 Å². The summed E-state index contributed by atoms with van der Waals surface area (Å²) in [5.41, 5.74) is -3.65. The Bertz CT molecular complexity index is 1960. The molecule has 1 aromatic rings. The van der Waals surface area contributed by atoms with Crippen molar-refractivity contribution in [3.63, 3.8) is 0 Å². The van der Waals surface area contributed by atoms with Crippen molar-refractivity contribution in [2.75, 3.05) is 6.61 Å². The summed E-state index contributed by atoms with van der Waals surface area (Å²) in [5.74, 6) is -4.75. The van der Waals surface area contributed by atoms with E-state index in [1.807, 2.05) is 33.8 Å². The fraction of sp³-hybridized carbons (Fsp3) is 0.720. The van der Waals surface area contributed by atoms with E-state index in [4.69, 9.17) is 18.9 Å². The Kier molecular flexibility index (Phi) is 13.4. The first-order valence-electron chi connectivity index (χ1n) is 23.1. The third-order valence-electron chi connectivity index (χ3n) is 15.7. The number of ketones is 1. The van der Waals surface area contributed by atoms with Crippen LogP contribution in [0.1, 0.15) is 161 Å². The number of hydrogen-bond donors (Lipinski definition) is 3. The maximum absolute atomic E-state index is 14.0. The van der Waals surface area contributed by atoms with Gasteiger partial charge < -0.3 is 34.3 Å². The summed E-state index contributed by atoms with van der Waals surface area (Å²) >= 11 is 0. The van der Waals surface area contributed by atoms with Crippen molar-refractivity contribution in [3.05, 3.63) is 45.6 Å². The van der Waals surface area contributed by atoms with Crippen molar-refractivity contribution in [3.8, 4) is 11.5 Å². The largest absolute Gasteiger partial charge is 0.507 e. The zero-order valence-corrected chi connectivity index (χ0v) is 38.5. The highest BCUT2D eigenvalue weighted by Crippen LogP contribution is 2.77. The lowest BCUT2D eigenvalue weighted by atomic mass is 9.59. The molecule has 338 valence electrons. The van der Waals surface area contributed by atoms with Gasteiger partial charge in [-0.1, -0.05) is 104 Å². The van der Waals surface area contributed by atoms with Gasteiger partial charge in [0.2, 0.25) is 5.60 Å². The first kappa shape index (κ1) is 46.8. The van der Waals surface area contributed by atoms with E-state index in [1.54, 1.807) is 33.8 Å². The molecule has 0 amide bonds. The number of ether oxygens (including phenoxy) is 4. The lowest BCUT2D eigenvalue weighted by molar-refractivity contribution is -0.228. The molecular weight excluding hydrogens is 777 g/mol. The number of carbonyl (C=O) groups excluding carboxylic acids is 4. The van der Waals surface area contributed by atoms with Crippen LogP contribution in [-0.4, -0.2) is 74.1 Å². The van der Waals surface area contributed by atoms with E-state index in [1.165, 1.54) is 51.9 Å². The molecule has 11 nitrogen and oxygen atoms in total. The second-order valence-electron chi connectivity index (χ2n) is 20.0. The maximum Gasteiger partial charge on any atom is 0.350 e. The number of esters is 3. The zero-order valence-electron chi connectivity index (χ0n) is 38.5. The van der Waals surface area contributed by atoms with E-state index in [-0.39, 0.29) is 25.2 Å². The van der Waals surface area contributed by atoms with Gasteiger partial charge in [-0.3, -0.25) is 14.4 Å². The van der Waals surface area contributed by atoms with Crippen molar-refractivity contribution >= 4 is 23.7 Å². The van der Waals surface area contributed by atoms with Gasteiger partial charge in [0.15, 0.2) is 11.4 Å². The van der Waals surface area contributed by atoms with Crippen LogP contribution in [0.15, 0.2) is 23.3 Å². The van der Waals surface area contributed by atoms with Crippen molar-refractivity contribution in [1.82, 2.24) is 0 Å². The molecule has 5 aliphatic rings. The monoisotopic (exact) mass is 849 g/mol. The third-order valence-corrected chi connectivity index (χ3v) is 15.7. The van der Waals surface area contributed by atoms with Crippen LogP contribution in [0.25, 0.3) is 0 Å². The molecule has 0 spiro atoms. The first-order chi connectivity index (χ1) is 28.6. The van der Waals surface area contributed by atoms with Crippen LogP contribution in [0.2, 0.25) is 0 Å². The van der Waals surface area contributed by atoms with E-state index in [0.717, 1.165) is 30.4 Å². The molecular formula is C50H72O11. The van der Waals surface area contributed by atoms with Gasteiger partial charge in [-0.25, -0.2) is 4.79 Å². The molecule has 3 N–H and O–H groups in total. The number of carbonyl (C=O) groups is 4. The summed E-state index contributed by atoms with van der Waals surface area (Å²) in [7, 11) is 0. The highest BCUT2D eigenvalue weighted by atomic mass is 16.6. The molecule has 4 aliphatic carbocycles. The Hall–Kier alpha value is -3.70. The average Bonchev–Trinajstić information content (AvgIpc) is 3.63. The Morgan fingerprint density at radius 2 is 1.48 bits per heavy atom. The number of unbranched alkanes of at least 4 members (excludes halogenated alkanes) is 10. The molecule has 1 unspecified atom stereocenters. The van der Waals surface area contributed by atoms with E-state index < -0.39 is 81.3 Å². The molecule has 6 rings (SSSR count). The zero-order chi connectivity index (χ0) is 44.9. The number of benzene rings is 1. The summed E-state index contributed by atoms with van der Waals surface area (Å²) < 4.78 is 25.0. The minimum absolute atomic E-state index is 0.207. The predicted octanol–water partition coefficient (Wildman–Crippen LogP) is 8.72. The smallest absolute Gasteiger partial charge is 0.350 e. The lowest BCUT2D eigenvalue weighted by Gasteiger charge is -2.53. The van der Waals surface area contributed by atoms with Gasteiger partial charge in [0.05, 0.1) is 5.60 Å². The predicted molar refractivity (Wildman–Crippen MR) is 231 cm³/mol. The van der Waals surface area contributed by atoms with Crippen molar-refractivity contribution < 1.29 is 53.4 Å². The van der Waals surface area contributed by atoms with E-state index in [2.05, 4.69) is 6.92 Å². The SMILES string of the molecule is CCCCCCCCCCCCCC(=O)O[C@@]12[C@H](OC(C)=O)[C@@H](C)[C@@]3(O)[C@@H](C=C(COC(=O)C4(C)CCc5c(C)c(O)c(C)c(C)c5O4)C[C@]4(O)C(=O)C(C)=C[C@@H]34)[C@@H]1C2(C)C. The normalized spacial score (nSPS) is 33.1. The Morgan fingerprint density at radius 1 is 0.869 bits per heavy atom. The average molecular weight is 849 g/mol. The number of aromatic hydroxyl groups is 1. The molecule has 1 heterocycles. The Balaban J connectivity index is 1.24. The van der Waals surface area contributed by atoms with Gasteiger partial charge in [-0.15, -0.1) is 0 Å². The highest BCUT2D eigenvalue weighted by molar-refractivity contribution is 6.05. The lowest BCUT2D eigenvalue weighted by Crippen LogP contribution is -2.66. The van der Waals surface area contributed by atoms with Gasteiger partial charge in [0, 0.05) is 60.8 Å². The van der Waals surface area contributed by atoms with Crippen LogP contribution in [0.5, 0.6) is 11.5 Å². The van der Waals surface area contributed by atoms with Gasteiger partial charge in [-0.05, 0) is 75.3 Å². The first-order valence-corrected chi connectivity index (χ1v) is 23.1. The summed E-state index contributed by atoms with van der Waals surface area (Å²) in [4.78, 5) is 54.6. The molecule has 0 bridgehead atoms. The molecule has 9 atom stereocenters. The third kappa shape index (κ3) is 7.97. The molecule has 0 aromatic heterocycles. The Labute approximate surface area is 363 Å². The highest BCUT2D eigenvalue weighted by Gasteiger charge is 2.88. The van der Waals surface area contributed by atoms with Crippen LogP contribution in [0.4, 0.5) is 0 Å². The number of rotatable bonds is 17. The van der Waals surface area contributed by atoms with Gasteiger partial charge in [0.1, 0.15) is 29.8 Å². The number of phenolic OH excluding ortho intramolecular Hbond substituents is 1. The van der Waals surface area contributed by atoms with Crippen LogP contribution >= 0.6 is 0 Å². The van der Waals surface area contributed by atoms with Gasteiger partial charge >= 0.3 is 17.9 Å². The second-order valence-corrected chi connectivity index (χ2v) is 20.0. The van der Waals surface area contributed by atoms with E-state index in [0.29, 0.717) is 47.3 Å². The molecule has 61 heavy (non-hydrogen) atoms. The molecule has 2 saturated carbocycles. The molecule has 11 heteroatoms. The van der Waals surface area contributed by atoms with Crippen molar-refractivity contribution in [1.29, 1.82) is 0 Å². The van der Waals surface area contributed by atoms with E-state index in [9.17, 15) is 34.5 Å². The molecule has 0 radical (unpaired) electrons. The number of Topliss-reactive ketones (excluding diaryl/α,β-unsaturated/α-hetero) is 1. The second kappa shape index (κ2) is 17.5. The van der Waals surface area contributed by atoms with Gasteiger partial charge in [-0.2, -0.15) is 0 Å². The Morgan fingerprint density at radius 3 is 2.08 bits per heavy atom. The van der Waals surface area contributed by atoms with Crippen LogP contribution in [-0.2, 0) is 39.8 Å². The molecule has 0 saturated heterocycles. The van der Waals surface area contributed by atoms with Crippen molar-refractivity contribution in [2.24, 2.45) is 29.1 Å². The number of fused-ring (bicyclic) bond motifs is 6. The summed E-state index contributed by atoms with van der Waals surface area (Å²) in [6.07, 6.45) is 15.7. The summed E-state index contributed by atoms with van der Waals surface area (Å²) in [6, 6.07) is 0. The van der Waals surface area contributed by atoms with Crippen LogP contribution in [0, 0.1) is 49.9 Å². The quantitative estimate of drug-likeness (QED) is 0.0594. The maximum atomic E-state index is 14.0. The number of phenols is 1. The van der Waals surface area contributed by atoms with E-state index >= 15 is 0 Å². The topological polar surface area (TPSA) is 166 Å². The number of hydrogen-bond acceptors (Lipinski definition) is 11. The molecule has 1 aromatic carbocycles. The molecule has 1 aliphatic heterocycles. The van der Waals surface area contributed by atoms with Crippen molar-refractivity contribution in [2.45, 2.75) is 194 Å². The minimum Gasteiger partial charge on any atom is -0.507 e. The molecule has 2 fully saturated rings. The van der Waals surface area contributed by atoms with Crippen LogP contribution in [0.3, 0.4) is 0 Å². The minimum atomic E-state index is -2.08. The number of aliphatic hydroxyl groups is 2. The summed E-state index contributed by atoms with van der Waals surface area (Å²) in [6.45, 7) is 17.6.